The van der Waals surface area contributed by atoms with Crippen LogP contribution in [0.1, 0.15) is 0 Å². The molecule has 0 saturated carbocycles. The minimum Gasteiger partial charge on any atom is -0.263 e. The second-order valence-corrected chi connectivity index (χ2v) is 8.65. The van der Waals surface area contributed by atoms with Crippen LogP contribution in [0.25, 0.3) is 31.3 Å². The summed E-state index contributed by atoms with van der Waals surface area (Å²) >= 11 is 6.82. The Morgan fingerprint density at radius 2 is 1.42 bits per heavy atom. The molecule has 4 aromatic heterocycles. The van der Waals surface area contributed by atoms with Crippen LogP contribution in [0.2, 0.25) is 0 Å². The number of halogens is 2. The van der Waals surface area contributed by atoms with Gasteiger partial charge in [-0.15, -0.1) is 22.7 Å². The van der Waals surface area contributed by atoms with E-state index in [4.69, 9.17) is 0 Å². The van der Waals surface area contributed by atoms with E-state index in [-0.39, 0.29) is 0 Å². The molecule has 4 heterocycles. The van der Waals surface area contributed by atoms with Crippen molar-refractivity contribution in [1.82, 2.24) is 9.97 Å². The Morgan fingerprint density at radius 1 is 0.750 bits per heavy atom. The number of thiophene rings is 2. The Hall–Kier alpha value is -1.89. The highest BCUT2D eigenvalue weighted by Gasteiger charge is 2.08. The van der Waals surface area contributed by atoms with E-state index < -0.39 is 5.95 Å². The lowest BCUT2D eigenvalue weighted by Gasteiger charge is -2.01. The van der Waals surface area contributed by atoms with E-state index in [9.17, 15) is 4.39 Å². The molecule has 0 radical (unpaired) electrons. The van der Waals surface area contributed by atoms with Crippen molar-refractivity contribution < 1.29 is 4.39 Å². The summed E-state index contributed by atoms with van der Waals surface area (Å²) in [4.78, 5) is 11.5. The first-order valence-electron chi connectivity index (χ1n) is 7.12. The zero-order valence-electron chi connectivity index (χ0n) is 12.2. The van der Waals surface area contributed by atoms with E-state index in [0.29, 0.717) is 0 Å². The highest BCUT2D eigenvalue weighted by molar-refractivity contribution is 9.11. The number of pyridine rings is 2. The van der Waals surface area contributed by atoms with Gasteiger partial charge in [0.05, 0.1) is 3.79 Å². The first-order valence-corrected chi connectivity index (χ1v) is 9.54. The fourth-order valence-corrected chi connectivity index (χ4v) is 4.69. The van der Waals surface area contributed by atoms with Crippen molar-refractivity contribution in [2.45, 2.75) is 0 Å². The molecule has 2 nitrogen and oxygen atoms in total. The van der Waals surface area contributed by atoms with Crippen LogP contribution in [0.3, 0.4) is 0 Å². The lowest BCUT2D eigenvalue weighted by atomic mass is 10.1. The van der Waals surface area contributed by atoms with E-state index in [1.54, 1.807) is 34.9 Å². The summed E-state index contributed by atoms with van der Waals surface area (Å²) in [6, 6.07) is 13.5. The van der Waals surface area contributed by atoms with Gasteiger partial charge in [-0.05, 0) is 58.4 Å². The van der Waals surface area contributed by atoms with Crippen molar-refractivity contribution in [3.8, 4) is 31.3 Å². The summed E-state index contributed by atoms with van der Waals surface area (Å²) in [5, 5.41) is 0. The van der Waals surface area contributed by atoms with E-state index in [1.165, 1.54) is 10.9 Å². The van der Waals surface area contributed by atoms with Crippen molar-refractivity contribution in [2.24, 2.45) is 0 Å². The minimum atomic E-state index is -0.463. The van der Waals surface area contributed by atoms with Crippen LogP contribution in [-0.4, -0.2) is 9.97 Å². The third-order valence-corrected chi connectivity index (χ3v) is 6.35. The summed E-state index contributed by atoms with van der Waals surface area (Å²) in [6.07, 6.45) is 5.30. The highest BCUT2D eigenvalue weighted by Crippen LogP contribution is 2.37. The molecule has 0 bridgehead atoms. The standard InChI is InChI=1S/C18H10BrFN2S2/c19-17-5-4-16(24-17)13-7-12(8-21-9-13)15-3-2-14(23-15)11-1-6-18(20)22-10-11/h1-10H. The molecule has 6 heteroatoms. The Balaban J connectivity index is 1.68. The third kappa shape index (κ3) is 3.17. The molecule has 0 amide bonds. The first-order chi connectivity index (χ1) is 11.7. The molecular weight excluding hydrogens is 407 g/mol. The van der Waals surface area contributed by atoms with Crippen LogP contribution in [0.4, 0.5) is 4.39 Å². The van der Waals surface area contributed by atoms with E-state index in [1.807, 2.05) is 24.5 Å². The number of aromatic nitrogens is 2. The Kier molecular flexibility index (Phi) is 4.26. The van der Waals surface area contributed by atoms with Gasteiger partial charge in [0.2, 0.25) is 5.95 Å². The van der Waals surface area contributed by atoms with Crippen molar-refractivity contribution in [1.29, 1.82) is 0 Å². The maximum absolute atomic E-state index is 13.0. The van der Waals surface area contributed by atoms with Gasteiger partial charge in [-0.25, -0.2) is 4.98 Å². The van der Waals surface area contributed by atoms with Gasteiger partial charge in [-0.3, -0.25) is 4.98 Å². The maximum Gasteiger partial charge on any atom is 0.212 e. The molecule has 24 heavy (non-hydrogen) atoms. The second kappa shape index (κ2) is 6.55. The molecule has 118 valence electrons. The Morgan fingerprint density at radius 3 is 2.04 bits per heavy atom. The van der Waals surface area contributed by atoms with Crippen LogP contribution < -0.4 is 0 Å². The van der Waals surface area contributed by atoms with E-state index >= 15 is 0 Å². The predicted molar refractivity (Wildman–Crippen MR) is 102 cm³/mol. The SMILES string of the molecule is Fc1ccc(-c2ccc(-c3cncc(-c4ccc(Br)s4)c3)s2)cn1. The molecule has 0 aliphatic carbocycles. The summed E-state index contributed by atoms with van der Waals surface area (Å²) < 4.78 is 14.1. The Labute approximate surface area is 154 Å². The average Bonchev–Trinajstić information content (AvgIpc) is 3.25. The van der Waals surface area contributed by atoms with Gasteiger partial charge in [0.1, 0.15) is 0 Å². The molecule has 0 atom stereocenters. The van der Waals surface area contributed by atoms with Crippen molar-refractivity contribution >= 4 is 38.6 Å². The molecule has 0 fully saturated rings. The molecule has 0 spiro atoms. The maximum atomic E-state index is 13.0. The monoisotopic (exact) mass is 416 g/mol. The summed E-state index contributed by atoms with van der Waals surface area (Å²) in [7, 11) is 0. The zero-order valence-corrected chi connectivity index (χ0v) is 15.5. The number of nitrogens with zero attached hydrogens (tertiary/aromatic N) is 2. The fraction of sp³-hybridized carbons (Fsp3) is 0. The van der Waals surface area contributed by atoms with Gasteiger partial charge in [-0.1, -0.05) is 0 Å². The van der Waals surface area contributed by atoms with Gasteiger partial charge < -0.3 is 0 Å². The quantitative estimate of drug-likeness (QED) is 0.356. The zero-order chi connectivity index (χ0) is 16.5. The molecule has 0 N–H and O–H groups in total. The molecular formula is C18H10BrFN2S2. The van der Waals surface area contributed by atoms with Crippen LogP contribution in [0.15, 0.2) is 64.8 Å². The van der Waals surface area contributed by atoms with E-state index in [2.05, 4.69) is 44.1 Å². The predicted octanol–water partition coefficient (Wildman–Crippen LogP) is 6.50. The van der Waals surface area contributed by atoms with Gasteiger partial charge in [0.25, 0.3) is 0 Å². The smallest absolute Gasteiger partial charge is 0.212 e. The van der Waals surface area contributed by atoms with Gasteiger partial charge in [0.15, 0.2) is 0 Å². The van der Waals surface area contributed by atoms with Gasteiger partial charge >= 0.3 is 0 Å². The fourth-order valence-electron chi connectivity index (χ4n) is 2.35. The normalized spacial score (nSPS) is 10.9. The first kappa shape index (κ1) is 15.6. The van der Waals surface area contributed by atoms with Crippen molar-refractivity contribution in [2.75, 3.05) is 0 Å². The molecule has 4 rings (SSSR count). The summed E-state index contributed by atoms with van der Waals surface area (Å²) in [5.41, 5.74) is 3.09. The molecule has 0 saturated heterocycles. The number of rotatable bonds is 3. The summed E-state index contributed by atoms with van der Waals surface area (Å²) in [5.74, 6) is -0.463. The van der Waals surface area contributed by atoms with Crippen molar-refractivity contribution in [3.05, 3.63) is 70.8 Å². The molecule has 0 unspecified atom stereocenters. The lowest BCUT2D eigenvalue weighted by molar-refractivity contribution is 0.584. The molecule has 0 aromatic carbocycles. The summed E-state index contributed by atoms with van der Waals surface area (Å²) in [6.45, 7) is 0. The largest absolute Gasteiger partial charge is 0.263 e. The number of hydrogen-bond donors (Lipinski definition) is 0. The van der Waals surface area contributed by atoms with Crippen molar-refractivity contribution in [3.63, 3.8) is 0 Å². The molecule has 0 aliphatic heterocycles. The van der Waals surface area contributed by atoms with Crippen LogP contribution in [-0.2, 0) is 0 Å². The topological polar surface area (TPSA) is 25.8 Å². The van der Waals surface area contributed by atoms with Gasteiger partial charge in [-0.2, -0.15) is 4.39 Å². The molecule has 0 aliphatic rings. The van der Waals surface area contributed by atoms with Crippen LogP contribution in [0.5, 0.6) is 0 Å². The highest BCUT2D eigenvalue weighted by atomic mass is 79.9. The minimum absolute atomic E-state index is 0.463. The average molecular weight is 417 g/mol. The number of hydrogen-bond acceptors (Lipinski definition) is 4. The van der Waals surface area contributed by atoms with Crippen LogP contribution >= 0.6 is 38.6 Å². The van der Waals surface area contributed by atoms with E-state index in [0.717, 1.165) is 30.2 Å². The van der Waals surface area contributed by atoms with Gasteiger partial charge in [0, 0.05) is 49.9 Å². The molecule has 4 aromatic rings. The third-order valence-electron chi connectivity index (χ3n) is 3.50. The van der Waals surface area contributed by atoms with Crippen LogP contribution in [0, 0.1) is 5.95 Å². The lowest BCUT2D eigenvalue weighted by Crippen LogP contribution is -1.80. The second-order valence-electron chi connectivity index (χ2n) is 5.10. The Bertz CT molecular complexity index is 992.